The molecular weight excluding hydrogens is 278 g/mol. The number of rotatable bonds is 10. The summed E-state index contributed by atoms with van der Waals surface area (Å²) >= 11 is 0. The summed E-state index contributed by atoms with van der Waals surface area (Å²) in [6.07, 6.45) is 2.92. The van der Waals surface area contributed by atoms with Gasteiger partial charge in [0.1, 0.15) is 5.75 Å². The lowest BCUT2D eigenvalue weighted by Crippen LogP contribution is -2.38. The highest BCUT2D eigenvalue weighted by Gasteiger charge is 1.98. The largest absolute Gasteiger partial charge is 0.508 e. The first-order valence-corrected chi connectivity index (χ1v) is 8.14. The van der Waals surface area contributed by atoms with Crippen molar-refractivity contribution >= 4 is 5.96 Å². The van der Waals surface area contributed by atoms with E-state index in [1.165, 1.54) is 0 Å². The van der Waals surface area contributed by atoms with Gasteiger partial charge in [0.2, 0.25) is 0 Å². The Morgan fingerprint density at radius 3 is 2.82 bits per heavy atom. The molecule has 3 N–H and O–H groups in total. The van der Waals surface area contributed by atoms with E-state index in [0.29, 0.717) is 5.75 Å². The summed E-state index contributed by atoms with van der Waals surface area (Å²) in [5, 5.41) is 16.0. The zero-order valence-corrected chi connectivity index (χ0v) is 13.8. The van der Waals surface area contributed by atoms with Crippen LogP contribution in [-0.4, -0.2) is 43.9 Å². The fourth-order valence-corrected chi connectivity index (χ4v) is 2.03. The van der Waals surface area contributed by atoms with Gasteiger partial charge in [0.15, 0.2) is 5.96 Å². The van der Waals surface area contributed by atoms with Crippen LogP contribution in [0.5, 0.6) is 5.75 Å². The molecule has 0 aromatic heterocycles. The molecule has 22 heavy (non-hydrogen) atoms. The molecule has 1 rings (SSSR count). The zero-order valence-electron chi connectivity index (χ0n) is 13.8. The maximum absolute atomic E-state index is 9.44. The van der Waals surface area contributed by atoms with Crippen LogP contribution in [0, 0.1) is 0 Å². The number of unbranched alkanes of at least 4 members (excludes halogenated alkanes) is 1. The van der Waals surface area contributed by atoms with Crippen molar-refractivity contribution in [2.45, 2.75) is 33.1 Å². The third-order valence-electron chi connectivity index (χ3n) is 3.13. The Morgan fingerprint density at radius 2 is 2.09 bits per heavy atom. The number of hydrogen-bond acceptors (Lipinski definition) is 3. The van der Waals surface area contributed by atoms with Crippen LogP contribution < -0.4 is 10.6 Å². The van der Waals surface area contributed by atoms with E-state index in [0.717, 1.165) is 63.6 Å². The van der Waals surface area contributed by atoms with E-state index < -0.39 is 0 Å². The summed E-state index contributed by atoms with van der Waals surface area (Å²) in [5.41, 5.74) is 1.11. The second-order valence-corrected chi connectivity index (χ2v) is 5.01. The smallest absolute Gasteiger partial charge is 0.191 e. The first-order valence-electron chi connectivity index (χ1n) is 8.14. The Balaban J connectivity index is 2.27. The number of ether oxygens (including phenoxy) is 1. The van der Waals surface area contributed by atoms with Crippen molar-refractivity contribution in [3.05, 3.63) is 29.8 Å². The van der Waals surface area contributed by atoms with Gasteiger partial charge in [-0.1, -0.05) is 12.1 Å². The van der Waals surface area contributed by atoms with Crippen LogP contribution in [-0.2, 0) is 11.2 Å². The van der Waals surface area contributed by atoms with Crippen molar-refractivity contribution in [1.29, 1.82) is 0 Å². The van der Waals surface area contributed by atoms with Crippen molar-refractivity contribution < 1.29 is 9.84 Å². The molecule has 0 aliphatic carbocycles. The van der Waals surface area contributed by atoms with E-state index in [1.54, 1.807) is 12.1 Å². The number of phenols is 1. The zero-order chi connectivity index (χ0) is 16.0. The molecule has 0 aliphatic heterocycles. The van der Waals surface area contributed by atoms with E-state index in [1.807, 2.05) is 19.1 Å². The molecular formula is C17H29N3O2. The van der Waals surface area contributed by atoms with Crippen LogP contribution in [0.15, 0.2) is 29.3 Å². The standard InChI is InChI=1S/C17H29N3O2/c1-3-18-17(19-11-5-6-13-22-4-2)20-12-10-15-8-7-9-16(21)14-15/h7-9,14,21H,3-6,10-13H2,1-2H3,(H2,18,19,20). The Morgan fingerprint density at radius 1 is 1.23 bits per heavy atom. The number of phenolic OH excluding ortho intramolecular Hbond substituents is 1. The minimum absolute atomic E-state index is 0.312. The van der Waals surface area contributed by atoms with Gasteiger partial charge in [-0.2, -0.15) is 0 Å². The lowest BCUT2D eigenvalue weighted by molar-refractivity contribution is 0.144. The topological polar surface area (TPSA) is 65.9 Å². The highest BCUT2D eigenvalue weighted by Crippen LogP contribution is 2.10. The third-order valence-corrected chi connectivity index (χ3v) is 3.13. The molecule has 0 atom stereocenters. The van der Waals surface area contributed by atoms with Gasteiger partial charge >= 0.3 is 0 Å². The van der Waals surface area contributed by atoms with Gasteiger partial charge in [0.25, 0.3) is 0 Å². The molecule has 0 radical (unpaired) electrons. The summed E-state index contributed by atoms with van der Waals surface area (Å²) in [6.45, 7) is 8.09. The molecule has 0 fully saturated rings. The van der Waals surface area contributed by atoms with E-state index >= 15 is 0 Å². The second-order valence-electron chi connectivity index (χ2n) is 5.01. The number of nitrogens with one attached hydrogen (secondary N) is 2. The van der Waals surface area contributed by atoms with Gasteiger partial charge in [0.05, 0.1) is 0 Å². The summed E-state index contributed by atoms with van der Waals surface area (Å²) in [7, 11) is 0. The number of guanidine groups is 1. The van der Waals surface area contributed by atoms with Crippen molar-refractivity contribution in [2.24, 2.45) is 4.99 Å². The average molecular weight is 307 g/mol. The average Bonchev–Trinajstić information content (AvgIpc) is 2.51. The van der Waals surface area contributed by atoms with E-state index in [-0.39, 0.29) is 0 Å². The van der Waals surface area contributed by atoms with Crippen LogP contribution in [0.25, 0.3) is 0 Å². The second kappa shape index (κ2) is 11.9. The van der Waals surface area contributed by atoms with Gasteiger partial charge < -0.3 is 20.5 Å². The summed E-state index contributed by atoms with van der Waals surface area (Å²) in [5.74, 6) is 1.16. The van der Waals surface area contributed by atoms with Gasteiger partial charge in [-0.25, -0.2) is 0 Å². The number of aliphatic imine (C=N–C) groups is 1. The normalized spacial score (nSPS) is 11.5. The SMILES string of the molecule is CCNC(=NCCCCOCC)NCCc1cccc(O)c1. The summed E-state index contributed by atoms with van der Waals surface area (Å²) in [6, 6.07) is 7.35. The molecule has 5 heteroatoms. The molecule has 0 heterocycles. The molecule has 0 aliphatic rings. The van der Waals surface area contributed by atoms with Gasteiger partial charge in [0, 0.05) is 32.8 Å². The van der Waals surface area contributed by atoms with Crippen LogP contribution in [0.4, 0.5) is 0 Å². The number of hydrogen-bond donors (Lipinski definition) is 3. The molecule has 1 aromatic rings. The first-order chi connectivity index (χ1) is 10.8. The molecule has 0 unspecified atom stereocenters. The molecule has 5 nitrogen and oxygen atoms in total. The maximum atomic E-state index is 9.44. The quantitative estimate of drug-likeness (QED) is 0.352. The molecule has 0 bridgehead atoms. The Kier molecular flexibility index (Phi) is 9.87. The molecule has 124 valence electrons. The minimum Gasteiger partial charge on any atom is -0.508 e. The first kappa shape index (κ1) is 18.3. The molecule has 0 amide bonds. The maximum Gasteiger partial charge on any atom is 0.191 e. The Labute approximate surface area is 133 Å². The lowest BCUT2D eigenvalue weighted by atomic mass is 10.1. The van der Waals surface area contributed by atoms with Crippen molar-refractivity contribution in [1.82, 2.24) is 10.6 Å². The van der Waals surface area contributed by atoms with Crippen LogP contribution >= 0.6 is 0 Å². The van der Waals surface area contributed by atoms with E-state index in [4.69, 9.17) is 4.74 Å². The van der Waals surface area contributed by atoms with Gasteiger partial charge in [-0.15, -0.1) is 0 Å². The molecule has 0 saturated heterocycles. The van der Waals surface area contributed by atoms with Crippen molar-refractivity contribution in [3.8, 4) is 5.75 Å². The predicted octanol–water partition coefficient (Wildman–Crippen LogP) is 2.31. The molecule has 1 aromatic carbocycles. The Bertz CT molecular complexity index is 436. The lowest BCUT2D eigenvalue weighted by Gasteiger charge is -2.11. The van der Waals surface area contributed by atoms with Crippen LogP contribution in [0.1, 0.15) is 32.3 Å². The summed E-state index contributed by atoms with van der Waals surface area (Å²) < 4.78 is 5.31. The van der Waals surface area contributed by atoms with Crippen LogP contribution in [0.3, 0.4) is 0 Å². The van der Waals surface area contributed by atoms with Gasteiger partial charge in [-0.05, 0) is 50.8 Å². The number of aromatic hydroxyl groups is 1. The van der Waals surface area contributed by atoms with E-state index in [2.05, 4.69) is 22.5 Å². The fraction of sp³-hybridized carbons (Fsp3) is 0.588. The highest BCUT2D eigenvalue weighted by atomic mass is 16.5. The van der Waals surface area contributed by atoms with Crippen molar-refractivity contribution in [3.63, 3.8) is 0 Å². The highest BCUT2D eigenvalue weighted by molar-refractivity contribution is 5.79. The third kappa shape index (κ3) is 8.52. The van der Waals surface area contributed by atoms with Crippen molar-refractivity contribution in [2.75, 3.05) is 32.8 Å². The molecule has 0 saturated carbocycles. The monoisotopic (exact) mass is 307 g/mol. The number of benzene rings is 1. The van der Waals surface area contributed by atoms with Gasteiger partial charge in [-0.3, -0.25) is 4.99 Å². The minimum atomic E-state index is 0.312. The molecule has 0 spiro atoms. The fourth-order valence-electron chi connectivity index (χ4n) is 2.03. The Hall–Kier alpha value is -1.75. The predicted molar refractivity (Wildman–Crippen MR) is 91.5 cm³/mol. The number of nitrogens with zero attached hydrogens (tertiary/aromatic N) is 1. The van der Waals surface area contributed by atoms with E-state index in [9.17, 15) is 5.11 Å². The summed E-state index contributed by atoms with van der Waals surface area (Å²) in [4.78, 5) is 4.55. The van der Waals surface area contributed by atoms with Crippen LogP contribution in [0.2, 0.25) is 0 Å².